The van der Waals surface area contributed by atoms with Gasteiger partial charge in [-0.2, -0.15) is 0 Å². The summed E-state index contributed by atoms with van der Waals surface area (Å²) in [5.74, 6) is 2.39. The Labute approximate surface area is 123 Å². The number of methoxy groups -OCH3 is 1. The van der Waals surface area contributed by atoms with E-state index in [1.54, 1.807) is 7.11 Å². The Hall–Kier alpha value is -1.22. The molecule has 1 atom stereocenters. The van der Waals surface area contributed by atoms with E-state index in [-0.39, 0.29) is 0 Å². The van der Waals surface area contributed by atoms with Crippen molar-refractivity contribution in [1.29, 1.82) is 0 Å². The first-order valence-electron chi connectivity index (χ1n) is 7.59. The van der Waals surface area contributed by atoms with Crippen LogP contribution in [0.4, 0.5) is 0 Å². The maximum atomic E-state index is 5.60. The Kier molecular flexibility index (Phi) is 7.45. The van der Waals surface area contributed by atoms with Crippen LogP contribution in [0.1, 0.15) is 46.1 Å². The zero-order chi connectivity index (χ0) is 15.0. The normalized spacial score (nSPS) is 12.5. The van der Waals surface area contributed by atoms with E-state index in [4.69, 9.17) is 9.47 Å². The number of benzene rings is 1. The summed E-state index contributed by atoms with van der Waals surface area (Å²) in [6.45, 7) is 10.3. The van der Waals surface area contributed by atoms with Crippen molar-refractivity contribution in [3.05, 3.63) is 23.8 Å². The average molecular weight is 279 g/mol. The van der Waals surface area contributed by atoms with E-state index < -0.39 is 0 Å². The molecule has 3 nitrogen and oxygen atoms in total. The molecule has 0 aliphatic heterocycles. The van der Waals surface area contributed by atoms with Gasteiger partial charge in [-0.3, -0.25) is 0 Å². The van der Waals surface area contributed by atoms with Gasteiger partial charge in [0.2, 0.25) is 0 Å². The highest BCUT2D eigenvalue weighted by atomic mass is 16.5. The molecule has 3 heteroatoms. The van der Waals surface area contributed by atoms with Crippen molar-refractivity contribution in [2.24, 2.45) is 5.92 Å². The second-order valence-corrected chi connectivity index (χ2v) is 5.67. The predicted molar refractivity (Wildman–Crippen MR) is 84.5 cm³/mol. The van der Waals surface area contributed by atoms with E-state index in [1.807, 2.05) is 13.0 Å². The molecule has 0 amide bonds. The molecular weight excluding hydrogens is 250 g/mol. The van der Waals surface area contributed by atoms with E-state index in [0.29, 0.717) is 12.6 Å². The molecule has 0 bridgehead atoms. The Morgan fingerprint density at radius 2 is 1.85 bits per heavy atom. The number of nitrogens with one attached hydrogen (secondary N) is 1. The lowest BCUT2D eigenvalue weighted by Crippen LogP contribution is -2.25. The van der Waals surface area contributed by atoms with Gasteiger partial charge in [-0.1, -0.05) is 19.9 Å². The Morgan fingerprint density at radius 1 is 1.10 bits per heavy atom. The van der Waals surface area contributed by atoms with Crippen molar-refractivity contribution in [3.63, 3.8) is 0 Å². The second kappa shape index (κ2) is 8.85. The van der Waals surface area contributed by atoms with Crippen LogP contribution in [-0.2, 0) is 6.54 Å². The topological polar surface area (TPSA) is 30.5 Å². The average Bonchev–Trinajstić information content (AvgIpc) is 2.43. The molecular formula is C17H29NO2. The highest BCUT2D eigenvalue weighted by molar-refractivity contribution is 5.42. The fraction of sp³-hybridized carbons (Fsp3) is 0.647. The van der Waals surface area contributed by atoms with Gasteiger partial charge in [0.1, 0.15) is 0 Å². The zero-order valence-corrected chi connectivity index (χ0v) is 13.5. The van der Waals surface area contributed by atoms with Crippen LogP contribution in [0.25, 0.3) is 0 Å². The molecule has 0 saturated carbocycles. The summed E-state index contributed by atoms with van der Waals surface area (Å²) in [7, 11) is 1.67. The number of ether oxygens (including phenoxy) is 2. The van der Waals surface area contributed by atoms with E-state index >= 15 is 0 Å². The van der Waals surface area contributed by atoms with Crippen molar-refractivity contribution in [2.75, 3.05) is 13.7 Å². The predicted octanol–water partition coefficient (Wildman–Crippen LogP) is 4.01. The maximum absolute atomic E-state index is 5.60. The first-order valence-corrected chi connectivity index (χ1v) is 7.59. The molecule has 1 aromatic rings. The second-order valence-electron chi connectivity index (χ2n) is 5.67. The zero-order valence-electron chi connectivity index (χ0n) is 13.5. The molecule has 0 saturated heterocycles. The van der Waals surface area contributed by atoms with Crippen molar-refractivity contribution in [2.45, 2.75) is 53.1 Å². The van der Waals surface area contributed by atoms with Crippen molar-refractivity contribution in [3.8, 4) is 11.5 Å². The summed E-state index contributed by atoms with van der Waals surface area (Å²) >= 11 is 0. The van der Waals surface area contributed by atoms with Gasteiger partial charge in [0.15, 0.2) is 11.5 Å². The highest BCUT2D eigenvalue weighted by Crippen LogP contribution is 2.28. The quantitative estimate of drug-likeness (QED) is 0.741. The smallest absolute Gasteiger partial charge is 0.161 e. The molecule has 0 spiro atoms. The van der Waals surface area contributed by atoms with E-state index in [2.05, 4.69) is 38.2 Å². The molecule has 0 heterocycles. The molecule has 1 aromatic carbocycles. The molecule has 1 unspecified atom stereocenters. The van der Waals surface area contributed by atoms with Crippen molar-refractivity contribution >= 4 is 0 Å². The third kappa shape index (κ3) is 5.83. The highest BCUT2D eigenvalue weighted by Gasteiger charge is 2.07. The van der Waals surface area contributed by atoms with Gasteiger partial charge < -0.3 is 14.8 Å². The van der Waals surface area contributed by atoms with Gasteiger partial charge >= 0.3 is 0 Å². The molecule has 114 valence electrons. The lowest BCUT2D eigenvalue weighted by Gasteiger charge is -2.16. The summed E-state index contributed by atoms with van der Waals surface area (Å²) in [5.41, 5.74) is 1.23. The van der Waals surface area contributed by atoms with Crippen molar-refractivity contribution in [1.82, 2.24) is 5.32 Å². The molecule has 1 N–H and O–H groups in total. The van der Waals surface area contributed by atoms with Crippen LogP contribution >= 0.6 is 0 Å². The monoisotopic (exact) mass is 279 g/mol. The molecule has 20 heavy (non-hydrogen) atoms. The lowest BCUT2D eigenvalue weighted by atomic mass is 10.0. The van der Waals surface area contributed by atoms with Gasteiger partial charge in [-0.25, -0.2) is 0 Å². The van der Waals surface area contributed by atoms with E-state index in [1.165, 1.54) is 18.4 Å². The van der Waals surface area contributed by atoms with Crippen molar-refractivity contribution < 1.29 is 9.47 Å². The molecule has 0 fully saturated rings. The molecule has 0 radical (unpaired) electrons. The summed E-state index contributed by atoms with van der Waals surface area (Å²) in [4.78, 5) is 0. The molecule has 0 aromatic heterocycles. The third-order valence-electron chi connectivity index (χ3n) is 3.36. The standard InChI is InChI=1S/C17H29NO2/c1-6-20-17-11-15(9-10-16(17)19-5)12-18-14(4)8-7-13(2)3/h9-11,13-14,18H,6-8,12H2,1-5H3. The molecule has 1 rings (SSSR count). The van der Waals surface area contributed by atoms with Crippen LogP contribution in [0.2, 0.25) is 0 Å². The largest absolute Gasteiger partial charge is 0.493 e. The summed E-state index contributed by atoms with van der Waals surface area (Å²) in [5, 5.41) is 3.56. The van der Waals surface area contributed by atoms with E-state index in [9.17, 15) is 0 Å². The number of hydrogen-bond acceptors (Lipinski definition) is 3. The minimum absolute atomic E-state index is 0.537. The van der Waals surface area contributed by atoms with Crippen LogP contribution < -0.4 is 14.8 Å². The Bertz CT molecular complexity index is 391. The summed E-state index contributed by atoms with van der Waals surface area (Å²) in [6, 6.07) is 6.66. The number of hydrogen-bond donors (Lipinski definition) is 1. The maximum Gasteiger partial charge on any atom is 0.161 e. The SMILES string of the molecule is CCOc1cc(CNC(C)CCC(C)C)ccc1OC. The van der Waals surface area contributed by atoms with Gasteiger partial charge in [0, 0.05) is 12.6 Å². The minimum Gasteiger partial charge on any atom is -0.493 e. The third-order valence-corrected chi connectivity index (χ3v) is 3.36. The summed E-state index contributed by atoms with van der Waals surface area (Å²) in [6.07, 6.45) is 2.48. The van der Waals surface area contributed by atoms with Gasteiger partial charge in [0.05, 0.1) is 13.7 Å². The fourth-order valence-electron chi connectivity index (χ4n) is 2.08. The Morgan fingerprint density at radius 3 is 2.45 bits per heavy atom. The van der Waals surface area contributed by atoms with Crippen LogP contribution in [0, 0.1) is 5.92 Å². The fourth-order valence-corrected chi connectivity index (χ4v) is 2.08. The summed E-state index contributed by atoms with van der Waals surface area (Å²) < 4.78 is 10.9. The first kappa shape index (κ1) is 16.8. The molecule has 0 aliphatic rings. The molecule has 0 aliphatic carbocycles. The van der Waals surface area contributed by atoms with Gasteiger partial charge in [0.25, 0.3) is 0 Å². The van der Waals surface area contributed by atoms with Gasteiger partial charge in [-0.15, -0.1) is 0 Å². The Balaban J connectivity index is 2.53. The van der Waals surface area contributed by atoms with Crippen LogP contribution in [-0.4, -0.2) is 19.8 Å². The number of rotatable bonds is 9. The van der Waals surface area contributed by atoms with Crippen LogP contribution in [0.3, 0.4) is 0 Å². The minimum atomic E-state index is 0.537. The lowest BCUT2D eigenvalue weighted by molar-refractivity contribution is 0.310. The van der Waals surface area contributed by atoms with Crippen LogP contribution in [0.5, 0.6) is 11.5 Å². The van der Waals surface area contributed by atoms with Crippen LogP contribution in [0.15, 0.2) is 18.2 Å². The first-order chi connectivity index (χ1) is 9.56. The van der Waals surface area contributed by atoms with Gasteiger partial charge in [-0.05, 0) is 50.3 Å². The van der Waals surface area contributed by atoms with E-state index in [0.717, 1.165) is 24.0 Å².